The second-order valence-electron chi connectivity index (χ2n) is 5.49. The number of hydrogen-bond acceptors (Lipinski definition) is 3. The zero-order chi connectivity index (χ0) is 16.8. The van der Waals surface area contributed by atoms with Gasteiger partial charge in [-0.1, -0.05) is 24.3 Å². The average molecular weight is 316 g/mol. The van der Waals surface area contributed by atoms with Gasteiger partial charge < -0.3 is 10.1 Å². The first kappa shape index (κ1) is 17.0. The van der Waals surface area contributed by atoms with Crippen LogP contribution in [-0.2, 0) is 11.3 Å². The van der Waals surface area contributed by atoms with Crippen molar-refractivity contribution in [1.82, 2.24) is 4.90 Å². The van der Waals surface area contributed by atoms with E-state index in [0.717, 1.165) is 16.9 Å². The van der Waals surface area contributed by atoms with Gasteiger partial charge in [0.1, 0.15) is 11.6 Å². The summed E-state index contributed by atoms with van der Waals surface area (Å²) >= 11 is 0. The fourth-order valence-corrected chi connectivity index (χ4v) is 2.34. The summed E-state index contributed by atoms with van der Waals surface area (Å²) in [5.74, 6) is 0.241. The summed E-state index contributed by atoms with van der Waals surface area (Å²) in [5, 5.41) is 2.74. The van der Waals surface area contributed by atoms with E-state index < -0.39 is 0 Å². The molecule has 0 bridgehead atoms. The van der Waals surface area contributed by atoms with Crippen molar-refractivity contribution >= 4 is 11.6 Å². The second kappa shape index (κ2) is 7.74. The summed E-state index contributed by atoms with van der Waals surface area (Å²) in [7, 11) is 3.47. The lowest BCUT2D eigenvalue weighted by atomic mass is 10.2. The van der Waals surface area contributed by atoms with E-state index in [2.05, 4.69) is 5.32 Å². The highest BCUT2D eigenvalue weighted by Gasteiger charge is 2.11. The van der Waals surface area contributed by atoms with Crippen molar-refractivity contribution in [3.05, 3.63) is 59.4 Å². The molecule has 5 heteroatoms. The SMILES string of the molecule is COc1ccccc1CN(C)CC(=O)Nc1cc(F)ccc1C. The van der Waals surface area contributed by atoms with Crippen LogP contribution < -0.4 is 10.1 Å². The summed E-state index contributed by atoms with van der Waals surface area (Å²) in [6.45, 7) is 2.61. The lowest BCUT2D eigenvalue weighted by Gasteiger charge is -2.18. The summed E-state index contributed by atoms with van der Waals surface area (Å²) in [5.41, 5.74) is 2.33. The third-order valence-corrected chi connectivity index (χ3v) is 3.52. The van der Waals surface area contributed by atoms with Gasteiger partial charge in [-0.2, -0.15) is 0 Å². The number of likely N-dealkylation sites (N-methyl/N-ethyl adjacent to an activating group) is 1. The predicted octanol–water partition coefficient (Wildman–Crippen LogP) is 3.21. The fourth-order valence-electron chi connectivity index (χ4n) is 2.34. The molecule has 0 unspecified atom stereocenters. The van der Waals surface area contributed by atoms with Crippen LogP contribution >= 0.6 is 0 Å². The number of methoxy groups -OCH3 is 1. The molecule has 0 aliphatic carbocycles. The molecular formula is C18H21FN2O2. The van der Waals surface area contributed by atoms with Crippen molar-refractivity contribution in [3.63, 3.8) is 0 Å². The van der Waals surface area contributed by atoms with Gasteiger partial charge in [0.25, 0.3) is 0 Å². The van der Waals surface area contributed by atoms with Crippen LogP contribution in [0.25, 0.3) is 0 Å². The predicted molar refractivity (Wildman–Crippen MR) is 89.1 cm³/mol. The number of benzene rings is 2. The summed E-state index contributed by atoms with van der Waals surface area (Å²) in [6.07, 6.45) is 0. The minimum atomic E-state index is -0.367. The maximum atomic E-state index is 13.3. The van der Waals surface area contributed by atoms with Crippen LogP contribution in [0.5, 0.6) is 5.75 Å². The second-order valence-corrected chi connectivity index (χ2v) is 5.49. The topological polar surface area (TPSA) is 41.6 Å². The zero-order valence-electron chi connectivity index (χ0n) is 13.6. The molecule has 0 saturated heterocycles. The highest BCUT2D eigenvalue weighted by atomic mass is 19.1. The highest BCUT2D eigenvalue weighted by Crippen LogP contribution is 2.19. The van der Waals surface area contributed by atoms with E-state index in [1.54, 1.807) is 13.2 Å². The molecule has 0 aromatic heterocycles. The Kier molecular flexibility index (Phi) is 5.71. The van der Waals surface area contributed by atoms with Gasteiger partial charge in [0, 0.05) is 17.8 Å². The monoisotopic (exact) mass is 316 g/mol. The minimum Gasteiger partial charge on any atom is -0.496 e. The molecule has 23 heavy (non-hydrogen) atoms. The number of anilines is 1. The Bertz CT molecular complexity index is 688. The van der Waals surface area contributed by atoms with Gasteiger partial charge in [-0.25, -0.2) is 4.39 Å². The van der Waals surface area contributed by atoms with Gasteiger partial charge in [-0.15, -0.1) is 0 Å². The molecule has 1 amide bonds. The van der Waals surface area contributed by atoms with Gasteiger partial charge in [0.15, 0.2) is 0 Å². The van der Waals surface area contributed by atoms with E-state index in [4.69, 9.17) is 4.74 Å². The largest absolute Gasteiger partial charge is 0.496 e. The normalized spacial score (nSPS) is 10.7. The standard InChI is InChI=1S/C18H21FN2O2/c1-13-8-9-15(19)10-16(13)20-18(22)12-21(2)11-14-6-4-5-7-17(14)23-3/h4-10H,11-12H2,1-3H3,(H,20,22). The van der Waals surface area contributed by atoms with Crippen molar-refractivity contribution in [2.75, 3.05) is 26.0 Å². The maximum Gasteiger partial charge on any atom is 0.238 e. The van der Waals surface area contributed by atoms with Crippen LogP contribution in [-0.4, -0.2) is 31.5 Å². The first-order chi connectivity index (χ1) is 11.0. The number of para-hydroxylation sites is 1. The number of aryl methyl sites for hydroxylation is 1. The molecule has 2 aromatic rings. The number of amides is 1. The van der Waals surface area contributed by atoms with Crippen LogP contribution in [0.15, 0.2) is 42.5 Å². The van der Waals surface area contributed by atoms with E-state index >= 15 is 0 Å². The first-order valence-corrected chi connectivity index (χ1v) is 7.36. The summed E-state index contributed by atoms with van der Waals surface area (Å²) < 4.78 is 18.6. The number of carbonyl (C=O) groups is 1. The van der Waals surface area contributed by atoms with Gasteiger partial charge in [-0.05, 0) is 37.7 Å². The molecular weight excluding hydrogens is 295 g/mol. The Morgan fingerprint density at radius 2 is 2.00 bits per heavy atom. The summed E-state index contributed by atoms with van der Waals surface area (Å²) in [6, 6.07) is 12.0. The van der Waals surface area contributed by atoms with E-state index in [9.17, 15) is 9.18 Å². The molecule has 0 radical (unpaired) electrons. The average Bonchev–Trinajstić information content (AvgIpc) is 2.51. The third-order valence-electron chi connectivity index (χ3n) is 3.52. The van der Waals surface area contributed by atoms with Crippen molar-refractivity contribution < 1.29 is 13.9 Å². The molecule has 0 fully saturated rings. The van der Waals surface area contributed by atoms with Crippen molar-refractivity contribution in [1.29, 1.82) is 0 Å². The van der Waals surface area contributed by atoms with Crippen molar-refractivity contribution in [3.8, 4) is 5.75 Å². The maximum absolute atomic E-state index is 13.3. The molecule has 0 aliphatic rings. The lowest BCUT2D eigenvalue weighted by molar-refractivity contribution is -0.117. The molecule has 122 valence electrons. The quantitative estimate of drug-likeness (QED) is 0.890. The van der Waals surface area contributed by atoms with Gasteiger partial charge in [-0.3, -0.25) is 9.69 Å². The Labute approximate surface area is 135 Å². The van der Waals surface area contributed by atoms with Crippen molar-refractivity contribution in [2.45, 2.75) is 13.5 Å². The molecule has 0 aliphatic heterocycles. The molecule has 0 saturated carbocycles. The van der Waals surface area contributed by atoms with Crippen molar-refractivity contribution in [2.24, 2.45) is 0 Å². The Morgan fingerprint density at radius 3 is 2.74 bits per heavy atom. The number of halogens is 1. The highest BCUT2D eigenvalue weighted by molar-refractivity contribution is 5.92. The molecule has 2 aromatic carbocycles. The zero-order valence-corrected chi connectivity index (χ0v) is 13.6. The number of rotatable bonds is 6. The number of hydrogen-bond donors (Lipinski definition) is 1. The van der Waals surface area contributed by atoms with E-state index in [-0.39, 0.29) is 18.3 Å². The molecule has 0 spiro atoms. The van der Waals surface area contributed by atoms with Crippen LogP contribution in [0.2, 0.25) is 0 Å². The van der Waals surface area contributed by atoms with Crippen LogP contribution in [0, 0.1) is 12.7 Å². The van der Waals surface area contributed by atoms with E-state index in [1.165, 1.54) is 12.1 Å². The number of nitrogens with one attached hydrogen (secondary N) is 1. The number of nitrogens with zero attached hydrogens (tertiary/aromatic N) is 1. The molecule has 2 rings (SSSR count). The Morgan fingerprint density at radius 1 is 1.26 bits per heavy atom. The minimum absolute atomic E-state index is 0.184. The van der Waals surface area contributed by atoms with E-state index in [0.29, 0.717) is 12.2 Å². The van der Waals surface area contributed by atoms with Crippen LogP contribution in [0.4, 0.5) is 10.1 Å². The van der Waals surface area contributed by atoms with Gasteiger partial charge in [0.2, 0.25) is 5.91 Å². The van der Waals surface area contributed by atoms with E-state index in [1.807, 2.05) is 43.1 Å². The molecule has 4 nitrogen and oxygen atoms in total. The lowest BCUT2D eigenvalue weighted by Crippen LogP contribution is -2.30. The fraction of sp³-hybridized carbons (Fsp3) is 0.278. The Hall–Kier alpha value is -2.40. The third kappa shape index (κ3) is 4.79. The Balaban J connectivity index is 1.96. The van der Waals surface area contributed by atoms with Gasteiger partial charge >= 0.3 is 0 Å². The molecule has 1 N–H and O–H groups in total. The number of carbonyl (C=O) groups excluding carboxylic acids is 1. The first-order valence-electron chi connectivity index (χ1n) is 7.36. The molecule has 0 heterocycles. The smallest absolute Gasteiger partial charge is 0.238 e. The summed E-state index contributed by atoms with van der Waals surface area (Å²) in [4.78, 5) is 14.0. The van der Waals surface area contributed by atoms with Crippen LogP contribution in [0.1, 0.15) is 11.1 Å². The van der Waals surface area contributed by atoms with Gasteiger partial charge in [0.05, 0.1) is 13.7 Å². The molecule has 0 atom stereocenters. The number of ether oxygens (including phenoxy) is 1. The van der Waals surface area contributed by atoms with Crippen LogP contribution in [0.3, 0.4) is 0 Å².